The molecule has 0 aliphatic carbocycles. The average Bonchev–Trinajstić information content (AvgIpc) is 2.92. The molecule has 0 amide bonds. The summed E-state index contributed by atoms with van der Waals surface area (Å²) in [6.07, 6.45) is 2.71. The summed E-state index contributed by atoms with van der Waals surface area (Å²) in [5.41, 5.74) is 4.20. The number of hydrogen-bond acceptors (Lipinski definition) is 6. The first-order valence-electron chi connectivity index (χ1n) is 13.5. The molecule has 10 heteroatoms. The summed E-state index contributed by atoms with van der Waals surface area (Å²) in [4.78, 5) is 19.8. The van der Waals surface area contributed by atoms with Gasteiger partial charge in [0.25, 0.3) is 5.56 Å². The fraction of sp³-hybridized carbons (Fsp3) is 0.355. The van der Waals surface area contributed by atoms with Crippen LogP contribution in [-0.4, -0.2) is 39.7 Å². The first-order chi connectivity index (χ1) is 19.4. The van der Waals surface area contributed by atoms with Crippen molar-refractivity contribution in [1.29, 1.82) is 0 Å². The Kier molecular flexibility index (Phi) is 11.0. The van der Waals surface area contributed by atoms with Crippen molar-refractivity contribution in [3.63, 3.8) is 0 Å². The van der Waals surface area contributed by atoms with Gasteiger partial charge in [-0.05, 0) is 64.4 Å². The number of aryl methyl sites for hydroxylation is 3. The molecule has 2 aromatic heterocycles. The number of likely N-dealkylation sites (N-methyl/N-ethyl adjacent to an activating group) is 1. The number of nitrogens with one attached hydrogen (secondary N) is 2. The van der Waals surface area contributed by atoms with Gasteiger partial charge in [0.1, 0.15) is 17.5 Å². The number of anilines is 3. The van der Waals surface area contributed by atoms with E-state index in [4.69, 9.17) is 0 Å². The molecule has 7 nitrogen and oxygen atoms in total. The predicted octanol–water partition coefficient (Wildman–Crippen LogP) is 5.96. The number of nitrogens with zero attached hydrogens (tertiary/aromatic N) is 3. The highest BCUT2D eigenvalue weighted by molar-refractivity contribution is 7.84. The molecular formula is C31H39F2N5O2S. The van der Waals surface area contributed by atoms with Crippen molar-refractivity contribution < 1.29 is 13.0 Å². The third-order valence-corrected chi connectivity index (χ3v) is 7.79. The van der Waals surface area contributed by atoms with Crippen molar-refractivity contribution in [1.82, 2.24) is 9.55 Å². The largest absolute Gasteiger partial charge is 0.382 e. The zero-order chi connectivity index (χ0) is 30.3. The topological polar surface area (TPSA) is 79.3 Å². The Morgan fingerprint density at radius 2 is 1.76 bits per heavy atom. The summed E-state index contributed by atoms with van der Waals surface area (Å²) in [5, 5.41) is 6.63. The first-order valence-corrected chi connectivity index (χ1v) is 15.0. The van der Waals surface area contributed by atoms with Gasteiger partial charge in [0.05, 0.1) is 39.0 Å². The Morgan fingerprint density at radius 1 is 1.02 bits per heavy atom. The molecule has 0 saturated heterocycles. The van der Waals surface area contributed by atoms with Crippen LogP contribution in [0.4, 0.5) is 26.0 Å². The second kappa shape index (κ2) is 14.2. The lowest BCUT2D eigenvalue weighted by Gasteiger charge is -2.25. The van der Waals surface area contributed by atoms with Gasteiger partial charge in [-0.25, -0.2) is 8.78 Å². The molecule has 0 aliphatic rings. The number of halogens is 2. The van der Waals surface area contributed by atoms with Crippen LogP contribution >= 0.6 is 0 Å². The minimum Gasteiger partial charge on any atom is -0.382 e. The summed E-state index contributed by atoms with van der Waals surface area (Å²) in [7, 11) is 0.372. The summed E-state index contributed by atoms with van der Waals surface area (Å²) < 4.78 is 41.5. The van der Waals surface area contributed by atoms with Crippen LogP contribution in [0.3, 0.4) is 0 Å². The molecule has 0 saturated carbocycles. The van der Waals surface area contributed by atoms with Gasteiger partial charge >= 0.3 is 0 Å². The number of pyridine rings is 1. The van der Waals surface area contributed by atoms with Gasteiger partial charge in [-0.3, -0.25) is 18.6 Å². The Bertz CT molecular complexity index is 1540. The Balaban J connectivity index is 2.03. The highest BCUT2D eigenvalue weighted by Gasteiger charge is 2.13. The van der Waals surface area contributed by atoms with E-state index in [0.717, 1.165) is 11.1 Å². The van der Waals surface area contributed by atoms with Crippen LogP contribution in [0.5, 0.6) is 0 Å². The van der Waals surface area contributed by atoms with Crippen molar-refractivity contribution in [3.05, 3.63) is 99.1 Å². The fourth-order valence-corrected chi connectivity index (χ4v) is 5.33. The van der Waals surface area contributed by atoms with Crippen molar-refractivity contribution in [2.24, 2.45) is 7.05 Å². The maximum absolute atomic E-state index is 13.9. The van der Waals surface area contributed by atoms with E-state index in [1.165, 1.54) is 30.7 Å². The van der Waals surface area contributed by atoms with Gasteiger partial charge in [0.15, 0.2) is 0 Å². The molecule has 1 unspecified atom stereocenters. The van der Waals surface area contributed by atoms with Gasteiger partial charge < -0.3 is 15.5 Å². The highest BCUT2D eigenvalue weighted by Crippen LogP contribution is 2.26. The minimum absolute atomic E-state index is 0.120. The molecule has 3 rings (SSSR count). The number of aromatic nitrogens is 2. The Hall–Kier alpha value is -3.79. The van der Waals surface area contributed by atoms with Gasteiger partial charge in [0.2, 0.25) is 0 Å². The molecule has 2 heterocycles. The second-order valence-corrected chi connectivity index (χ2v) is 11.4. The van der Waals surface area contributed by atoms with E-state index in [9.17, 15) is 17.8 Å². The molecule has 0 fully saturated rings. The van der Waals surface area contributed by atoms with Crippen LogP contribution in [-0.2, 0) is 17.8 Å². The van der Waals surface area contributed by atoms with E-state index >= 15 is 0 Å². The van der Waals surface area contributed by atoms with Gasteiger partial charge in [-0.1, -0.05) is 23.8 Å². The summed E-state index contributed by atoms with van der Waals surface area (Å²) in [5.74, 6) is -0.147. The predicted molar refractivity (Wildman–Crippen MR) is 165 cm³/mol. The molecule has 0 aliphatic heterocycles. The molecule has 0 radical (unpaired) electrons. The lowest BCUT2D eigenvalue weighted by molar-refractivity contribution is 0.620. The lowest BCUT2D eigenvalue weighted by atomic mass is 10.1. The molecular weight excluding hydrogens is 544 g/mol. The van der Waals surface area contributed by atoms with Gasteiger partial charge in [-0.2, -0.15) is 0 Å². The summed E-state index contributed by atoms with van der Waals surface area (Å²) in [6.45, 7) is 11.2. The van der Waals surface area contributed by atoms with E-state index in [0.29, 0.717) is 53.0 Å². The molecule has 2 N–H and O–H groups in total. The van der Waals surface area contributed by atoms with Gasteiger partial charge in [0, 0.05) is 50.6 Å². The maximum Gasteiger partial charge on any atom is 0.254 e. The standard InChI is InChI=1S/C31H39F2N5O2S/c1-8-38(14-13-34-28-17-26(33)19-35-23(28)5)30-12-9-24(16-20(2)15-21(3)31(39)37(30)6)22(4)36-27-11-10-25(32)18-29(27)41(7)40/h9-12,15-19,22,34,36H,8,13-14H2,1-7H3/t22-,41?/m1/s1. The van der Waals surface area contributed by atoms with E-state index in [1.807, 2.05) is 52.0 Å². The van der Waals surface area contributed by atoms with Crippen LogP contribution in [0.15, 0.2) is 64.4 Å². The monoisotopic (exact) mass is 583 g/mol. The van der Waals surface area contributed by atoms with Crippen molar-refractivity contribution >= 4 is 28.0 Å². The van der Waals surface area contributed by atoms with E-state index < -0.39 is 22.4 Å². The van der Waals surface area contributed by atoms with Crippen LogP contribution < -0.4 is 21.1 Å². The van der Waals surface area contributed by atoms with E-state index in [-0.39, 0.29) is 11.6 Å². The Labute approximate surface area is 243 Å². The minimum atomic E-state index is -1.38. The third-order valence-electron chi connectivity index (χ3n) is 6.83. The van der Waals surface area contributed by atoms with Crippen LogP contribution in [0.25, 0.3) is 0 Å². The van der Waals surface area contributed by atoms with Crippen molar-refractivity contribution in [3.8, 4) is 0 Å². The lowest BCUT2D eigenvalue weighted by Crippen LogP contribution is -2.33. The summed E-state index contributed by atoms with van der Waals surface area (Å²) in [6, 6.07) is 13.1. The zero-order valence-electron chi connectivity index (χ0n) is 24.7. The molecule has 2 atom stereocenters. The maximum atomic E-state index is 13.9. The molecule has 220 valence electrons. The number of benzene rings is 1. The highest BCUT2D eigenvalue weighted by atomic mass is 32.2. The fourth-order valence-electron chi connectivity index (χ4n) is 4.61. The van der Waals surface area contributed by atoms with Crippen LogP contribution in [0.1, 0.15) is 42.3 Å². The van der Waals surface area contributed by atoms with Crippen molar-refractivity contribution in [2.45, 2.75) is 45.6 Å². The zero-order valence-corrected chi connectivity index (χ0v) is 25.5. The SMILES string of the molecule is CCN(CCNc1cc(F)cnc1C)c1ccc([C@@H](C)Nc2ccc(F)cc2S(C)=O)cc(C)cc(C)c(=O)n1C. The summed E-state index contributed by atoms with van der Waals surface area (Å²) >= 11 is 0. The number of rotatable bonds is 10. The third kappa shape index (κ3) is 8.36. The molecule has 0 spiro atoms. The van der Waals surface area contributed by atoms with Crippen LogP contribution in [0.2, 0.25) is 0 Å². The number of hydrogen-bond donors (Lipinski definition) is 2. The van der Waals surface area contributed by atoms with E-state index in [1.54, 1.807) is 24.6 Å². The van der Waals surface area contributed by atoms with E-state index in [2.05, 4.69) is 20.5 Å². The van der Waals surface area contributed by atoms with Gasteiger partial charge in [-0.15, -0.1) is 0 Å². The van der Waals surface area contributed by atoms with Crippen molar-refractivity contribution in [2.75, 3.05) is 41.4 Å². The van der Waals surface area contributed by atoms with Crippen LogP contribution in [0, 0.1) is 32.4 Å². The average molecular weight is 584 g/mol. The molecule has 3 aromatic rings. The second-order valence-electron chi connectivity index (χ2n) is 10.0. The quantitative estimate of drug-likeness (QED) is 0.307. The normalized spacial score (nSPS) is 12.3. The molecule has 41 heavy (non-hydrogen) atoms. The molecule has 1 aromatic carbocycles. The Morgan fingerprint density at radius 3 is 2.44 bits per heavy atom. The molecule has 0 bridgehead atoms. The first kappa shape index (κ1) is 31.7. The smallest absolute Gasteiger partial charge is 0.254 e.